The third-order valence-corrected chi connectivity index (χ3v) is 3.83. The maximum Gasteiger partial charge on any atom is 0.161 e. The second-order valence-electron chi connectivity index (χ2n) is 5.10. The Kier molecular flexibility index (Phi) is 3.96. The standard InChI is InChI=1S/C19H19NO2/c1-4-16-15-8-6-5-7-13(15)11-17(20-16)14-9-10-18(21-2)19(12-14)22-3/h5-12H,4H2,1-3H3. The van der Waals surface area contributed by atoms with Crippen molar-refractivity contribution in [1.29, 1.82) is 0 Å². The first-order chi connectivity index (χ1) is 10.8. The fourth-order valence-corrected chi connectivity index (χ4v) is 2.68. The van der Waals surface area contributed by atoms with E-state index in [2.05, 4.69) is 37.3 Å². The van der Waals surface area contributed by atoms with Crippen molar-refractivity contribution >= 4 is 10.8 Å². The summed E-state index contributed by atoms with van der Waals surface area (Å²) in [6, 6.07) is 16.4. The van der Waals surface area contributed by atoms with Crippen molar-refractivity contribution in [3.8, 4) is 22.8 Å². The number of nitrogens with zero attached hydrogens (tertiary/aromatic N) is 1. The van der Waals surface area contributed by atoms with Crippen molar-refractivity contribution < 1.29 is 9.47 Å². The Morgan fingerprint density at radius 1 is 0.909 bits per heavy atom. The Bertz CT molecular complexity index is 812. The molecular weight excluding hydrogens is 274 g/mol. The Morgan fingerprint density at radius 3 is 2.41 bits per heavy atom. The van der Waals surface area contributed by atoms with Crippen LogP contribution in [0.2, 0.25) is 0 Å². The van der Waals surface area contributed by atoms with Crippen LogP contribution in [0, 0.1) is 0 Å². The zero-order valence-corrected chi connectivity index (χ0v) is 13.1. The Labute approximate surface area is 130 Å². The molecule has 0 saturated heterocycles. The summed E-state index contributed by atoms with van der Waals surface area (Å²) < 4.78 is 10.7. The monoisotopic (exact) mass is 293 g/mol. The van der Waals surface area contributed by atoms with Crippen molar-refractivity contribution in [3.05, 3.63) is 54.2 Å². The van der Waals surface area contributed by atoms with Crippen LogP contribution in [0.1, 0.15) is 12.6 Å². The molecule has 0 aliphatic heterocycles. The average Bonchev–Trinajstić information content (AvgIpc) is 2.60. The number of benzene rings is 2. The lowest BCUT2D eigenvalue weighted by Crippen LogP contribution is -1.95. The lowest BCUT2D eigenvalue weighted by Gasteiger charge is -2.11. The molecule has 0 bridgehead atoms. The van der Waals surface area contributed by atoms with E-state index < -0.39 is 0 Å². The molecule has 3 rings (SSSR count). The van der Waals surface area contributed by atoms with Crippen LogP contribution in [0.5, 0.6) is 11.5 Å². The van der Waals surface area contributed by atoms with Gasteiger partial charge in [-0.25, -0.2) is 0 Å². The first kappa shape index (κ1) is 14.4. The molecule has 1 aromatic heterocycles. The highest BCUT2D eigenvalue weighted by atomic mass is 16.5. The van der Waals surface area contributed by atoms with Crippen LogP contribution in [-0.2, 0) is 6.42 Å². The van der Waals surface area contributed by atoms with Gasteiger partial charge in [0.15, 0.2) is 11.5 Å². The van der Waals surface area contributed by atoms with E-state index in [9.17, 15) is 0 Å². The van der Waals surface area contributed by atoms with Crippen LogP contribution < -0.4 is 9.47 Å². The van der Waals surface area contributed by atoms with Crippen LogP contribution >= 0.6 is 0 Å². The normalized spacial score (nSPS) is 10.7. The number of aromatic nitrogens is 1. The van der Waals surface area contributed by atoms with E-state index in [1.807, 2.05) is 18.2 Å². The van der Waals surface area contributed by atoms with Crippen LogP contribution in [0.15, 0.2) is 48.5 Å². The predicted octanol–water partition coefficient (Wildman–Crippen LogP) is 4.48. The van der Waals surface area contributed by atoms with Crippen LogP contribution in [0.25, 0.3) is 22.0 Å². The minimum atomic E-state index is 0.716. The summed E-state index contributed by atoms with van der Waals surface area (Å²) in [5, 5.41) is 2.42. The molecule has 0 unspecified atom stereocenters. The smallest absolute Gasteiger partial charge is 0.161 e. The molecule has 0 spiro atoms. The van der Waals surface area contributed by atoms with Crippen LogP contribution in [0.3, 0.4) is 0 Å². The number of ether oxygens (including phenoxy) is 2. The molecule has 0 aliphatic rings. The molecule has 3 nitrogen and oxygen atoms in total. The summed E-state index contributed by atoms with van der Waals surface area (Å²) in [5.74, 6) is 1.44. The van der Waals surface area contributed by atoms with Gasteiger partial charge in [-0.2, -0.15) is 0 Å². The summed E-state index contributed by atoms with van der Waals surface area (Å²) in [6.07, 6.45) is 0.904. The highest BCUT2D eigenvalue weighted by Gasteiger charge is 2.10. The lowest BCUT2D eigenvalue weighted by atomic mass is 10.0. The van der Waals surface area contributed by atoms with E-state index in [0.717, 1.165) is 29.1 Å². The predicted molar refractivity (Wildman–Crippen MR) is 89.7 cm³/mol. The average molecular weight is 293 g/mol. The second kappa shape index (κ2) is 6.06. The topological polar surface area (TPSA) is 31.4 Å². The van der Waals surface area contributed by atoms with Crippen LogP contribution in [-0.4, -0.2) is 19.2 Å². The zero-order valence-electron chi connectivity index (χ0n) is 13.1. The highest BCUT2D eigenvalue weighted by Crippen LogP contribution is 2.33. The van der Waals surface area contributed by atoms with Crippen molar-refractivity contribution in [2.45, 2.75) is 13.3 Å². The Hall–Kier alpha value is -2.55. The summed E-state index contributed by atoms with van der Waals surface area (Å²) in [6.45, 7) is 2.13. The van der Waals surface area contributed by atoms with Gasteiger partial charge < -0.3 is 9.47 Å². The zero-order chi connectivity index (χ0) is 15.5. The van der Waals surface area contributed by atoms with Gasteiger partial charge in [0.2, 0.25) is 0 Å². The summed E-state index contributed by atoms with van der Waals surface area (Å²) in [5.41, 5.74) is 3.09. The largest absolute Gasteiger partial charge is 0.493 e. The minimum Gasteiger partial charge on any atom is -0.493 e. The third-order valence-electron chi connectivity index (χ3n) is 3.83. The summed E-state index contributed by atoms with van der Waals surface area (Å²) >= 11 is 0. The van der Waals surface area contributed by atoms with Gasteiger partial charge in [-0.3, -0.25) is 4.98 Å². The Morgan fingerprint density at radius 2 is 1.68 bits per heavy atom. The second-order valence-corrected chi connectivity index (χ2v) is 5.10. The fraction of sp³-hybridized carbons (Fsp3) is 0.211. The molecule has 1 heterocycles. The van der Waals surface area contributed by atoms with Gasteiger partial charge in [-0.05, 0) is 36.1 Å². The van der Waals surface area contributed by atoms with E-state index in [1.165, 1.54) is 10.8 Å². The number of fused-ring (bicyclic) bond motifs is 1. The first-order valence-electron chi connectivity index (χ1n) is 7.38. The van der Waals surface area contributed by atoms with E-state index in [4.69, 9.17) is 14.5 Å². The van der Waals surface area contributed by atoms with Crippen molar-refractivity contribution in [2.75, 3.05) is 14.2 Å². The van der Waals surface area contributed by atoms with Crippen molar-refractivity contribution in [1.82, 2.24) is 4.98 Å². The van der Waals surface area contributed by atoms with Crippen molar-refractivity contribution in [3.63, 3.8) is 0 Å². The number of hydrogen-bond acceptors (Lipinski definition) is 3. The number of hydrogen-bond donors (Lipinski definition) is 0. The van der Waals surface area contributed by atoms with Gasteiger partial charge in [0.25, 0.3) is 0 Å². The molecule has 0 fully saturated rings. The molecule has 0 radical (unpaired) electrons. The van der Waals surface area contributed by atoms with E-state index >= 15 is 0 Å². The molecule has 0 atom stereocenters. The number of methoxy groups -OCH3 is 2. The van der Waals surface area contributed by atoms with Gasteiger partial charge in [0.05, 0.1) is 19.9 Å². The SMILES string of the molecule is CCc1nc(-c2ccc(OC)c(OC)c2)cc2ccccc12. The van der Waals surface area contributed by atoms with Gasteiger partial charge >= 0.3 is 0 Å². The highest BCUT2D eigenvalue weighted by molar-refractivity contribution is 5.88. The maximum absolute atomic E-state index is 5.39. The number of rotatable bonds is 4. The molecule has 0 N–H and O–H groups in total. The van der Waals surface area contributed by atoms with E-state index in [1.54, 1.807) is 14.2 Å². The summed E-state index contributed by atoms with van der Waals surface area (Å²) in [4.78, 5) is 4.82. The van der Waals surface area contributed by atoms with Gasteiger partial charge in [-0.15, -0.1) is 0 Å². The van der Waals surface area contributed by atoms with Crippen molar-refractivity contribution in [2.24, 2.45) is 0 Å². The molecule has 0 amide bonds. The molecule has 3 heteroatoms. The molecule has 112 valence electrons. The molecule has 22 heavy (non-hydrogen) atoms. The lowest BCUT2D eigenvalue weighted by molar-refractivity contribution is 0.355. The van der Waals surface area contributed by atoms with Gasteiger partial charge in [0.1, 0.15) is 0 Å². The van der Waals surface area contributed by atoms with Gasteiger partial charge in [-0.1, -0.05) is 31.2 Å². The molecule has 2 aromatic carbocycles. The number of aryl methyl sites for hydroxylation is 1. The van der Waals surface area contributed by atoms with E-state index in [-0.39, 0.29) is 0 Å². The maximum atomic E-state index is 5.39. The molecule has 0 saturated carbocycles. The number of pyridine rings is 1. The van der Waals surface area contributed by atoms with E-state index in [0.29, 0.717) is 5.75 Å². The Balaban J connectivity index is 2.17. The molecule has 3 aromatic rings. The van der Waals surface area contributed by atoms with Crippen LogP contribution in [0.4, 0.5) is 0 Å². The first-order valence-corrected chi connectivity index (χ1v) is 7.38. The molecule has 0 aliphatic carbocycles. The molecular formula is C19H19NO2. The summed E-state index contributed by atoms with van der Waals surface area (Å²) in [7, 11) is 3.29. The minimum absolute atomic E-state index is 0.716. The third kappa shape index (κ3) is 2.50. The quantitative estimate of drug-likeness (QED) is 0.710. The fourth-order valence-electron chi connectivity index (χ4n) is 2.68. The van der Waals surface area contributed by atoms with Gasteiger partial charge in [0, 0.05) is 16.6 Å².